The molecule has 138 valence electrons. The Labute approximate surface area is 154 Å². The lowest BCUT2D eigenvalue weighted by Crippen LogP contribution is -2.41. The number of carbonyl (C=O) groups excluding carboxylic acids is 2. The number of hydrogen-bond donors (Lipinski definition) is 1. The standard InChI is InChI=1S/C21H25NO4/c1-15(22-20(24)26-21(2,3)4)19(23)17-10-12-18(13-11-17)25-14-16-8-6-5-7-9-16/h5-13,15H,14H2,1-4H3,(H,22,24)/t15-/m0/s1. The maximum atomic E-state index is 12.4. The van der Waals surface area contributed by atoms with E-state index in [1.165, 1.54) is 0 Å². The third-order valence-corrected chi connectivity index (χ3v) is 3.51. The molecule has 0 aliphatic carbocycles. The molecule has 2 rings (SSSR count). The highest BCUT2D eigenvalue weighted by atomic mass is 16.6. The Hall–Kier alpha value is -2.82. The molecule has 1 N–H and O–H groups in total. The summed E-state index contributed by atoms with van der Waals surface area (Å²) in [5, 5.41) is 2.55. The van der Waals surface area contributed by atoms with Crippen LogP contribution < -0.4 is 10.1 Å². The Kier molecular flexibility index (Phi) is 6.39. The van der Waals surface area contributed by atoms with Crippen molar-refractivity contribution in [2.75, 3.05) is 0 Å². The van der Waals surface area contributed by atoms with Gasteiger partial charge in [-0.15, -0.1) is 0 Å². The van der Waals surface area contributed by atoms with Crippen molar-refractivity contribution in [1.29, 1.82) is 0 Å². The van der Waals surface area contributed by atoms with Crippen LogP contribution in [0.15, 0.2) is 54.6 Å². The van der Waals surface area contributed by atoms with Gasteiger partial charge in [-0.2, -0.15) is 0 Å². The van der Waals surface area contributed by atoms with E-state index in [4.69, 9.17) is 9.47 Å². The van der Waals surface area contributed by atoms with E-state index in [2.05, 4.69) is 5.32 Å². The fourth-order valence-electron chi connectivity index (χ4n) is 2.26. The summed E-state index contributed by atoms with van der Waals surface area (Å²) in [4.78, 5) is 24.2. The molecule has 2 aromatic carbocycles. The first-order valence-corrected chi connectivity index (χ1v) is 8.55. The third-order valence-electron chi connectivity index (χ3n) is 3.51. The molecule has 0 aliphatic rings. The molecule has 0 radical (unpaired) electrons. The number of nitrogens with one attached hydrogen (secondary N) is 1. The van der Waals surface area contributed by atoms with Crippen molar-refractivity contribution >= 4 is 11.9 Å². The summed E-state index contributed by atoms with van der Waals surface area (Å²) in [6.07, 6.45) is -0.610. The molecular weight excluding hydrogens is 330 g/mol. The average Bonchev–Trinajstić information content (AvgIpc) is 2.59. The van der Waals surface area contributed by atoms with Gasteiger partial charge >= 0.3 is 6.09 Å². The SMILES string of the molecule is C[C@H](NC(=O)OC(C)(C)C)C(=O)c1ccc(OCc2ccccc2)cc1. The number of benzene rings is 2. The fourth-order valence-corrected chi connectivity index (χ4v) is 2.26. The lowest BCUT2D eigenvalue weighted by atomic mass is 10.1. The first-order valence-electron chi connectivity index (χ1n) is 8.55. The number of ether oxygens (including phenoxy) is 2. The van der Waals surface area contributed by atoms with E-state index in [0.717, 1.165) is 5.56 Å². The molecule has 2 aromatic rings. The summed E-state index contributed by atoms with van der Waals surface area (Å²) in [5.41, 5.74) is 0.966. The molecule has 0 bridgehead atoms. The maximum absolute atomic E-state index is 12.4. The van der Waals surface area contributed by atoms with Crippen LogP contribution in [0.5, 0.6) is 5.75 Å². The van der Waals surface area contributed by atoms with E-state index in [0.29, 0.717) is 17.9 Å². The molecule has 0 aromatic heterocycles. The van der Waals surface area contributed by atoms with Crippen molar-refractivity contribution in [3.63, 3.8) is 0 Å². The van der Waals surface area contributed by atoms with Gasteiger partial charge in [0.2, 0.25) is 0 Å². The van der Waals surface area contributed by atoms with Gasteiger partial charge in [-0.1, -0.05) is 30.3 Å². The highest BCUT2D eigenvalue weighted by molar-refractivity contribution is 6.01. The second-order valence-electron chi connectivity index (χ2n) is 7.03. The number of amides is 1. The predicted octanol–water partition coefficient (Wildman–Crippen LogP) is 4.36. The lowest BCUT2D eigenvalue weighted by Gasteiger charge is -2.21. The van der Waals surface area contributed by atoms with Gasteiger partial charge in [-0.3, -0.25) is 4.79 Å². The molecule has 5 nitrogen and oxygen atoms in total. The molecule has 26 heavy (non-hydrogen) atoms. The number of hydrogen-bond acceptors (Lipinski definition) is 4. The van der Waals surface area contributed by atoms with Gasteiger partial charge in [0.25, 0.3) is 0 Å². The molecule has 0 fully saturated rings. The van der Waals surface area contributed by atoms with Crippen molar-refractivity contribution in [2.45, 2.75) is 45.9 Å². The Bertz CT molecular complexity index is 733. The van der Waals surface area contributed by atoms with E-state index in [1.807, 2.05) is 30.3 Å². The van der Waals surface area contributed by atoms with Gasteiger partial charge in [-0.25, -0.2) is 4.79 Å². The molecule has 0 unspecified atom stereocenters. The predicted molar refractivity (Wildman–Crippen MR) is 100 cm³/mol. The van der Waals surface area contributed by atoms with Crippen LogP contribution in [0.1, 0.15) is 43.6 Å². The summed E-state index contributed by atoms with van der Waals surface area (Å²) in [7, 11) is 0. The van der Waals surface area contributed by atoms with E-state index < -0.39 is 17.7 Å². The topological polar surface area (TPSA) is 64.6 Å². The molecular formula is C21H25NO4. The molecule has 0 saturated heterocycles. The van der Waals surface area contributed by atoms with Crippen LogP contribution in [0, 0.1) is 0 Å². The van der Waals surface area contributed by atoms with Crippen LogP contribution in [0.4, 0.5) is 4.79 Å². The Balaban J connectivity index is 1.90. The smallest absolute Gasteiger partial charge is 0.408 e. The Morgan fingerprint density at radius 3 is 2.19 bits per heavy atom. The summed E-state index contributed by atoms with van der Waals surface area (Å²) < 4.78 is 10.9. The van der Waals surface area contributed by atoms with Gasteiger partial charge in [-0.05, 0) is 57.5 Å². The van der Waals surface area contributed by atoms with Crippen molar-refractivity contribution in [3.05, 3.63) is 65.7 Å². The van der Waals surface area contributed by atoms with Crippen LogP contribution in [-0.2, 0) is 11.3 Å². The number of Topliss-reactive ketones (excluding diaryl/α,β-unsaturated/α-hetero) is 1. The number of rotatable bonds is 6. The van der Waals surface area contributed by atoms with Crippen molar-refractivity contribution in [2.24, 2.45) is 0 Å². The van der Waals surface area contributed by atoms with Crippen molar-refractivity contribution in [1.82, 2.24) is 5.32 Å². The zero-order chi connectivity index (χ0) is 19.2. The van der Waals surface area contributed by atoms with Crippen molar-refractivity contribution in [3.8, 4) is 5.75 Å². The Morgan fingerprint density at radius 2 is 1.62 bits per heavy atom. The molecule has 1 amide bonds. The van der Waals surface area contributed by atoms with Crippen LogP contribution in [0.2, 0.25) is 0 Å². The summed E-state index contributed by atoms with van der Waals surface area (Å²) in [5.74, 6) is 0.489. The van der Waals surface area contributed by atoms with E-state index in [-0.39, 0.29) is 5.78 Å². The zero-order valence-electron chi connectivity index (χ0n) is 15.6. The third kappa shape index (κ3) is 6.24. The van der Waals surface area contributed by atoms with E-state index in [9.17, 15) is 9.59 Å². The number of carbonyl (C=O) groups is 2. The van der Waals surface area contributed by atoms with Crippen LogP contribution in [0.3, 0.4) is 0 Å². The zero-order valence-corrected chi connectivity index (χ0v) is 15.6. The van der Waals surface area contributed by atoms with E-state index >= 15 is 0 Å². The van der Waals surface area contributed by atoms with Crippen LogP contribution >= 0.6 is 0 Å². The molecule has 0 saturated carbocycles. The van der Waals surface area contributed by atoms with Gasteiger partial charge in [0.15, 0.2) is 5.78 Å². The molecule has 0 aliphatic heterocycles. The minimum Gasteiger partial charge on any atom is -0.489 e. The summed E-state index contributed by atoms with van der Waals surface area (Å²) >= 11 is 0. The first-order chi connectivity index (χ1) is 12.2. The highest BCUT2D eigenvalue weighted by Gasteiger charge is 2.21. The summed E-state index contributed by atoms with van der Waals surface area (Å²) in [6.45, 7) is 7.41. The molecule has 0 spiro atoms. The largest absolute Gasteiger partial charge is 0.489 e. The Morgan fingerprint density at radius 1 is 1.00 bits per heavy atom. The van der Waals surface area contributed by atoms with Gasteiger partial charge in [0, 0.05) is 5.56 Å². The molecule has 0 heterocycles. The number of alkyl carbamates (subject to hydrolysis) is 1. The molecule has 5 heteroatoms. The minimum atomic E-state index is -0.680. The quantitative estimate of drug-likeness (QED) is 0.782. The van der Waals surface area contributed by atoms with E-state index in [1.54, 1.807) is 52.0 Å². The molecule has 1 atom stereocenters. The van der Waals surface area contributed by atoms with Crippen LogP contribution in [-0.4, -0.2) is 23.5 Å². The average molecular weight is 355 g/mol. The minimum absolute atomic E-state index is 0.189. The van der Waals surface area contributed by atoms with Crippen LogP contribution in [0.25, 0.3) is 0 Å². The van der Waals surface area contributed by atoms with Gasteiger partial charge < -0.3 is 14.8 Å². The van der Waals surface area contributed by atoms with Crippen molar-refractivity contribution < 1.29 is 19.1 Å². The normalized spacial score (nSPS) is 12.2. The second kappa shape index (κ2) is 8.52. The number of ketones is 1. The monoisotopic (exact) mass is 355 g/mol. The maximum Gasteiger partial charge on any atom is 0.408 e. The first kappa shape index (κ1) is 19.5. The fraction of sp³-hybridized carbons (Fsp3) is 0.333. The second-order valence-corrected chi connectivity index (χ2v) is 7.03. The lowest BCUT2D eigenvalue weighted by molar-refractivity contribution is 0.0496. The highest BCUT2D eigenvalue weighted by Crippen LogP contribution is 2.16. The van der Waals surface area contributed by atoms with Gasteiger partial charge in [0.1, 0.15) is 18.0 Å². The summed E-state index contributed by atoms with van der Waals surface area (Å²) in [6, 6.07) is 16.0. The van der Waals surface area contributed by atoms with Gasteiger partial charge in [0.05, 0.1) is 6.04 Å².